The molecule has 1 atom stereocenters. The average Bonchev–Trinajstić information content (AvgIpc) is 2.67. The maximum absolute atomic E-state index is 9.87. The molecule has 1 heterocycles. The molecule has 0 spiro atoms. The van der Waals surface area contributed by atoms with E-state index in [1.807, 2.05) is 25.1 Å². The van der Waals surface area contributed by atoms with Crippen LogP contribution in [0.5, 0.6) is 5.75 Å². The van der Waals surface area contributed by atoms with E-state index < -0.39 is 0 Å². The van der Waals surface area contributed by atoms with Crippen molar-refractivity contribution in [1.29, 1.82) is 0 Å². The number of hydrogen-bond acceptors (Lipinski definition) is 3. The second-order valence-electron chi connectivity index (χ2n) is 4.71. The standard InChI is InChI=1S/C13H20N2O/c1-10-4-3-5-11(13(10)16)8-14-12-6-7-15(2)9-12/h3-5,12,14,16H,6-9H2,1-2H3. The van der Waals surface area contributed by atoms with Gasteiger partial charge < -0.3 is 15.3 Å². The van der Waals surface area contributed by atoms with Crippen LogP contribution in [-0.4, -0.2) is 36.2 Å². The van der Waals surface area contributed by atoms with Gasteiger partial charge in [0, 0.05) is 24.7 Å². The zero-order valence-electron chi connectivity index (χ0n) is 10.0. The van der Waals surface area contributed by atoms with E-state index in [1.54, 1.807) is 0 Å². The van der Waals surface area contributed by atoms with E-state index in [1.165, 1.54) is 6.42 Å². The number of rotatable bonds is 3. The van der Waals surface area contributed by atoms with Crippen molar-refractivity contribution in [3.05, 3.63) is 29.3 Å². The van der Waals surface area contributed by atoms with Gasteiger partial charge in [-0.05, 0) is 32.5 Å². The molecule has 1 unspecified atom stereocenters. The van der Waals surface area contributed by atoms with Crippen LogP contribution in [-0.2, 0) is 6.54 Å². The highest BCUT2D eigenvalue weighted by molar-refractivity contribution is 5.39. The summed E-state index contributed by atoms with van der Waals surface area (Å²) in [7, 11) is 2.14. The highest BCUT2D eigenvalue weighted by atomic mass is 16.3. The Morgan fingerprint density at radius 1 is 1.50 bits per heavy atom. The summed E-state index contributed by atoms with van der Waals surface area (Å²) in [4.78, 5) is 2.33. The Bertz CT molecular complexity index is 365. The van der Waals surface area contributed by atoms with Crippen LogP contribution in [0.4, 0.5) is 0 Å². The van der Waals surface area contributed by atoms with Gasteiger partial charge in [-0.1, -0.05) is 18.2 Å². The molecule has 2 rings (SSSR count). The van der Waals surface area contributed by atoms with Crippen LogP contribution in [0.3, 0.4) is 0 Å². The van der Waals surface area contributed by atoms with Crippen LogP contribution < -0.4 is 5.32 Å². The Kier molecular flexibility index (Phi) is 3.46. The third-order valence-electron chi connectivity index (χ3n) is 3.29. The lowest BCUT2D eigenvalue weighted by atomic mass is 10.1. The quantitative estimate of drug-likeness (QED) is 0.810. The molecular weight excluding hydrogens is 200 g/mol. The molecule has 3 nitrogen and oxygen atoms in total. The first kappa shape index (κ1) is 11.4. The zero-order chi connectivity index (χ0) is 11.5. The zero-order valence-corrected chi connectivity index (χ0v) is 10.0. The van der Waals surface area contributed by atoms with Gasteiger partial charge in [0.05, 0.1) is 0 Å². The minimum Gasteiger partial charge on any atom is -0.507 e. The Balaban J connectivity index is 1.92. The number of likely N-dealkylation sites (tertiary alicyclic amines) is 1. The predicted octanol–water partition coefficient (Wildman–Crippen LogP) is 1.49. The maximum atomic E-state index is 9.87. The third-order valence-corrected chi connectivity index (χ3v) is 3.29. The number of aromatic hydroxyl groups is 1. The number of likely N-dealkylation sites (N-methyl/N-ethyl adjacent to an activating group) is 1. The summed E-state index contributed by atoms with van der Waals surface area (Å²) in [6.07, 6.45) is 1.20. The SMILES string of the molecule is Cc1cccc(CNC2CCN(C)C2)c1O. The Morgan fingerprint density at radius 3 is 3.00 bits per heavy atom. The second kappa shape index (κ2) is 4.85. The molecule has 1 aliphatic rings. The maximum Gasteiger partial charge on any atom is 0.122 e. The first-order valence-corrected chi connectivity index (χ1v) is 5.86. The number of benzene rings is 1. The van der Waals surface area contributed by atoms with Crippen molar-refractivity contribution >= 4 is 0 Å². The van der Waals surface area contributed by atoms with E-state index in [4.69, 9.17) is 0 Å². The minimum absolute atomic E-state index is 0.432. The van der Waals surface area contributed by atoms with Gasteiger partial charge in [-0.3, -0.25) is 0 Å². The molecule has 16 heavy (non-hydrogen) atoms. The summed E-state index contributed by atoms with van der Waals surface area (Å²) in [5.41, 5.74) is 1.94. The fourth-order valence-corrected chi connectivity index (χ4v) is 2.22. The van der Waals surface area contributed by atoms with Gasteiger partial charge >= 0.3 is 0 Å². The van der Waals surface area contributed by atoms with Crippen LogP contribution >= 0.6 is 0 Å². The molecule has 1 aromatic carbocycles. The Labute approximate surface area is 97.1 Å². The summed E-state index contributed by atoms with van der Waals surface area (Å²) >= 11 is 0. The molecule has 0 amide bonds. The van der Waals surface area contributed by atoms with Crippen LogP contribution in [0.1, 0.15) is 17.5 Å². The molecule has 1 saturated heterocycles. The second-order valence-corrected chi connectivity index (χ2v) is 4.71. The molecule has 0 bridgehead atoms. The molecule has 88 valence electrons. The fourth-order valence-electron chi connectivity index (χ4n) is 2.22. The van der Waals surface area contributed by atoms with Crippen molar-refractivity contribution in [2.24, 2.45) is 0 Å². The van der Waals surface area contributed by atoms with E-state index in [9.17, 15) is 5.11 Å². The molecule has 0 aliphatic carbocycles. The van der Waals surface area contributed by atoms with E-state index in [0.29, 0.717) is 11.8 Å². The van der Waals surface area contributed by atoms with Crippen molar-refractivity contribution in [3.8, 4) is 5.75 Å². The fraction of sp³-hybridized carbons (Fsp3) is 0.538. The molecule has 1 aliphatic heterocycles. The normalized spacial score (nSPS) is 21.5. The van der Waals surface area contributed by atoms with E-state index in [-0.39, 0.29) is 0 Å². The van der Waals surface area contributed by atoms with Crippen molar-refractivity contribution in [3.63, 3.8) is 0 Å². The van der Waals surface area contributed by atoms with Crippen molar-refractivity contribution in [2.45, 2.75) is 25.9 Å². The number of para-hydroxylation sites is 1. The van der Waals surface area contributed by atoms with Crippen LogP contribution in [0.2, 0.25) is 0 Å². The highest BCUT2D eigenvalue weighted by Gasteiger charge is 2.18. The lowest BCUT2D eigenvalue weighted by Gasteiger charge is -2.14. The Hall–Kier alpha value is -1.06. The van der Waals surface area contributed by atoms with E-state index in [2.05, 4.69) is 17.3 Å². The monoisotopic (exact) mass is 220 g/mol. The molecule has 1 fully saturated rings. The lowest BCUT2D eigenvalue weighted by Crippen LogP contribution is -2.30. The van der Waals surface area contributed by atoms with Crippen molar-refractivity contribution in [2.75, 3.05) is 20.1 Å². The van der Waals surface area contributed by atoms with E-state index in [0.717, 1.165) is 30.8 Å². The molecule has 1 aromatic rings. The van der Waals surface area contributed by atoms with Gasteiger partial charge in [0.2, 0.25) is 0 Å². The molecule has 3 heteroatoms. The Morgan fingerprint density at radius 2 is 2.31 bits per heavy atom. The average molecular weight is 220 g/mol. The number of phenols is 1. The molecular formula is C13H20N2O. The summed E-state index contributed by atoms with van der Waals surface area (Å²) < 4.78 is 0. The highest BCUT2D eigenvalue weighted by Crippen LogP contribution is 2.21. The summed E-state index contributed by atoms with van der Waals surface area (Å²) in [6.45, 7) is 4.96. The van der Waals surface area contributed by atoms with Gasteiger partial charge in [-0.2, -0.15) is 0 Å². The summed E-state index contributed by atoms with van der Waals surface area (Å²) in [5.74, 6) is 0.432. The number of aryl methyl sites for hydroxylation is 1. The molecule has 0 saturated carbocycles. The summed E-state index contributed by atoms with van der Waals surface area (Å²) in [6, 6.07) is 6.47. The smallest absolute Gasteiger partial charge is 0.122 e. The predicted molar refractivity (Wildman–Crippen MR) is 65.6 cm³/mol. The topological polar surface area (TPSA) is 35.5 Å². The van der Waals surface area contributed by atoms with Crippen LogP contribution in [0.25, 0.3) is 0 Å². The van der Waals surface area contributed by atoms with Gasteiger partial charge in [0.15, 0.2) is 0 Å². The molecule has 2 N–H and O–H groups in total. The van der Waals surface area contributed by atoms with Crippen LogP contribution in [0.15, 0.2) is 18.2 Å². The number of phenolic OH excluding ortho intramolecular Hbond substituents is 1. The van der Waals surface area contributed by atoms with Crippen molar-refractivity contribution < 1.29 is 5.11 Å². The van der Waals surface area contributed by atoms with Crippen LogP contribution in [0, 0.1) is 6.92 Å². The van der Waals surface area contributed by atoms with Gasteiger partial charge in [-0.15, -0.1) is 0 Å². The number of nitrogens with one attached hydrogen (secondary N) is 1. The molecule has 0 aromatic heterocycles. The first-order valence-electron chi connectivity index (χ1n) is 5.86. The third kappa shape index (κ3) is 2.54. The number of hydrogen-bond donors (Lipinski definition) is 2. The summed E-state index contributed by atoms with van der Waals surface area (Å²) in [5, 5.41) is 13.4. The minimum atomic E-state index is 0.432. The van der Waals surface area contributed by atoms with Crippen molar-refractivity contribution in [1.82, 2.24) is 10.2 Å². The largest absolute Gasteiger partial charge is 0.507 e. The first-order chi connectivity index (χ1) is 7.66. The van der Waals surface area contributed by atoms with Gasteiger partial charge in [0.1, 0.15) is 5.75 Å². The lowest BCUT2D eigenvalue weighted by molar-refractivity contribution is 0.396. The number of nitrogens with zero attached hydrogens (tertiary/aromatic N) is 1. The molecule has 0 radical (unpaired) electrons. The van der Waals surface area contributed by atoms with Gasteiger partial charge in [0.25, 0.3) is 0 Å². The van der Waals surface area contributed by atoms with E-state index >= 15 is 0 Å². The van der Waals surface area contributed by atoms with Gasteiger partial charge in [-0.25, -0.2) is 0 Å².